The summed E-state index contributed by atoms with van der Waals surface area (Å²) in [5.74, 6) is 0.495. The van der Waals surface area contributed by atoms with Gasteiger partial charge in [0.15, 0.2) is 5.52 Å². The number of ether oxygens (including phenoxy) is 2. The number of nitrogens with one attached hydrogen (secondary N) is 2. The molecule has 0 aliphatic heterocycles. The Labute approximate surface area is 165 Å². The lowest BCUT2D eigenvalue weighted by molar-refractivity contribution is 0.186. The van der Waals surface area contributed by atoms with Crippen molar-refractivity contribution in [2.75, 3.05) is 19.5 Å². The van der Waals surface area contributed by atoms with Crippen molar-refractivity contribution in [1.82, 2.24) is 24.7 Å². The Morgan fingerprint density at radius 2 is 2.23 bits per heavy atom. The van der Waals surface area contributed by atoms with Crippen LogP contribution in [0.1, 0.15) is 5.56 Å². The summed E-state index contributed by atoms with van der Waals surface area (Å²) >= 11 is 7.83. The summed E-state index contributed by atoms with van der Waals surface area (Å²) in [7, 11) is 2.72. The molecular formula is C14H12ClIN6O4. The molecule has 0 spiro atoms. The largest absolute Gasteiger partial charge is 0.496 e. The highest BCUT2D eigenvalue weighted by Crippen LogP contribution is 2.23. The number of H-pyrrole nitrogens is 1. The van der Waals surface area contributed by atoms with Gasteiger partial charge in [0, 0.05) is 17.8 Å². The molecule has 12 heteroatoms. The van der Waals surface area contributed by atoms with Crippen LogP contribution < -0.4 is 15.6 Å². The molecule has 1 amide bonds. The molecule has 3 rings (SSSR count). The van der Waals surface area contributed by atoms with E-state index in [0.717, 1.165) is 0 Å². The van der Waals surface area contributed by atoms with Crippen LogP contribution in [0.5, 0.6) is 5.75 Å². The average molecular weight is 491 g/mol. The number of pyridine rings is 1. The Morgan fingerprint density at radius 1 is 1.46 bits per heavy atom. The van der Waals surface area contributed by atoms with E-state index in [9.17, 15) is 9.59 Å². The van der Waals surface area contributed by atoms with Gasteiger partial charge in [-0.3, -0.25) is 19.8 Å². The predicted octanol–water partition coefficient (Wildman–Crippen LogP) is 2.01. The summed E-state index contributed by atoms with van der Waals surface area (Å²) in [5, 5.41) is 6.96. The molecule has 136 valence electrons. The zero-order chi connectivity index (χ0) is 18.8. The second kappa shape index (κ2) is 7.45. The van der Waals surface area contributed by atoms with Gasteiger partial charge in [-0.1, -0.05) is 11.6 Å². The number of methoxy groups -OCH3 is 2. The fourth-order valence-electron chi connectivity index (χ4n) is 2.29. The van der Waals surface area contributed by atoms with Gasteiger partial charge in [0.1, 0.15) is 20.1 Å². The molecule has 3 aromatic rings. The van der Waals surface area contributed by atoms with Crippen molar-refractivity contribution in [3.8, 4) is 5.75 Å². The van der Waals surface area contributed by atoms with Crippen molar-refractivity contribution in [2.24, 2.45) is 0 Å². The summed E-state index contributed by atoms with van der Waals surface area (Å²) in [6, 6.07) is 1.58. The summed E-state index contributed by atoms with van der Waals surface area (Å²) in [6.07, 6.45) is 0.808. The average Bonchev–Trinajstić information content (AvgIpc) is 2.92. The van der Waals surface area contributed by atoms with E-state index in [4.69, 9.17) is 16.3 Å². The predicted molar refractivity (Wildman–Crippen MR) is 102 cm³/mol. The van der Waals surface area contributed by atoms with Crippen LogP contribution in [0.15, 0.2) is 17.1 Å². The molecule has 0 atom stereocenters. The third-order valence-electron chi connectivity index (χ3n) is 3.41. The fraction of sp³-hybridized carbons (Fsp3) is 0.214. The normalized spacial score (nSPS) is 10.8. The van der Waals surface area contributed by atoms with E-state index >= 15 is 0 Å². The number of hydrogen-bond donors (Lipinski definition) is 2. The molecule has 0 saturated carbocycles. The minimum atomic E-state index is -0.744. The molecule has 0 aliphatic rings. The van der Waals surface area contributed by atoms with Crippen molar-refractivity contribution in [3.05, 3.63) is 37.0 Å². The van der Waals surface area contributed by atoms with Gasteiger partial charge in [0.2, 0.25) is 5.95 Å². The molecule has 2 N–H and O–H groups in total. The number of amides is 1. The monoisotopic (exact) mass is 490 g/mol. The first-order chi connectivity index (χ1) is 12.4. The molecule has 0 aromatic carbocycles. The minimum absolute atomic E-state index is 0.0300. The number of halogens is 2. The Hall–Kier alpha value is -2.41. The summed E-state index contributed by atoms with van der Waals surface area (Å²) in [6.45, 7) is 0.224. The number of nitrogens with zero attached hydrogens (tertiary/aromatic N) is 4. The Balaban J connectivity index is 2.06. The molecule has 0 aliphatic carbocycles. The van der Waals surface area contributed by atoms with Crippen LogP contribution in [0.25, 0.3) is 11.0 Å². The lowest BCUT2D eigenvalue weighted by Crippen LogP contribution is -2.19. The number of fused-ring (bicyclic) bond motifs is 1. The summed E-state index contributed by atoms with van der Waals surface area (Å²) in [5.41, 5.74) is 0.829. The first-order valence-electron chi connectivity index (χ1n) is 7.12. The van der Waals surface area contributed by atoms with E-state index in [1.807, 2.05) is 22.6 Å². The van der Waals surface area contributed by atoms with Crippen molar-refractivity contribution < 1.29 is 14.3 Å². The second-order valence-corrected chi connectivity index (χ2v) is 6.40. The maximum Gasteiger partial charge on any atom is 0.413 e. The number of aromatic nitrogens is 5. The van der Waals surface area contributed by atoms with Gasteiger partial charge in [0.05, 0.1) is 20.8 Å². The lowest BCUT2D eigenvalue weighted by Gasteiger charge is -2.09. The third kappa shape index (κ3) is 3.58. The van der Waals surface area contributed by atoms with E-state index in [0.29, 0.717) is 25.7 Å². The minimum Gasteiger partial charge on any atom is -0.496 e. The first-order valence-corrected chi connectivity index (χ1v) is 8.58. The number of carbonyl (C=O) groups is 1. The number of aromatic amines is 1. The van der Waals surface area contributed by atoms with E-state index < -0.39 is 11.7 Å². The maximum atomic E-state index is 12.5. The molecule has 0 bridgehead atoms. The van der Waals surface area contributed by atoms with Gasteiger partial charge in [-0.25, -0.2) is 14.8 Å². The maximum absolute atomic E-state index is 12.5. The number of anilines is 1. The zero-order valence-corrected chi connectivity index (χ0v) is 16.5. The molecule has 0 unspecified atom stereocenters. The van der Waals surface area contributed by atoms with Crippen LogP contribution in [-0.4, -0.2) is 45.0 Å². The van der Waals surface area contributed by atoms with E-state index in [1.165, 1.54) is 18.9 Å². The van der Waals surface area contributed by atoms with Crippen LogP contribution in [-0.2, 0) is 11.3 Å². The van der Waals surface area contributed by atoms with Gasteiger partial charge in [0.25, 0.3) is 5.56 Å². The van der Waals surface area contributed by atoms with Gasteiger partial charge in [-0.15, -0.1) is 0 Å². The SMILES string of the molecule is COC(=O)Nc1nc2c(I)nn(Cc3cnc(Cl)cc3OC)c2c(=O)[nH]1. The Bertz CT molecular complexity index is 1050. The van der Waals surface area contributed by atoms with Crippen molar-refractivity contribution in [2.45, 2.75) is 6.54 Å². The lowest BCUT2D eigenvalue weighted by atomic mass is 10.2. The number of rotatable bonds is 4. The smallest absolute Gasteiger partial charge is 0.413 e. The number of hydrogen-bond acceptors (Lipinski definition) is 7. The van der Waals surface area contributed by atoms with Gasteiger partial charge >= 0.3 is 6.09 Å². The van der Waals surface area contributed by atoms with Crippen molar-refractivity contribution in [1.29, 1.82) is 0 Å². The summed E-state index contributed by atoms with van der Waals surface area (Å²) in [4.78, 5) is 34.5. The zero-order valence-electron chi connectivity index (χ0n) is 13.5. The van der Waals surface area contributed by atoms with Crippen LogP contribution in [0.2, 0.25) is 5.15 Å². The number of carbonyl (C=O) groups excluding carboxylic acids is 1. The first kappa shape index (κ1) is 18.4. The molecule has 0 saturated heterocycles. The Kier molecular flexibility index (Phi) is 5.27. The molecule has 3 heterocycles. The van der Waals surface area contributed by atoms with E-state index in [-0.39, 0.29) is 18.0 Å². The van der Waals surface area contributed by atoms with Crippen LogP contribution in [0.4, 0.5) is 10.7 Å². The molecule has 0 radical (unpaired) electrons. The summed E-state index contributed by atoms with van der Waals surface area (Å²) < 4.78 is 11.8. The van der Waals surface area contributed by atoms with Gasteiger partial charge in [-0.2, -0.15) is 5.10 Å². The third-order valence-corrected chi connectivity index (χ3v) is 4.35. The highest BCUT2D eigenvalue weighted by molar-refractivity contribution is 14.1. The quantitative estimate of drug-likeness (QED) is 0.423. The standard InChI is InChI=1S/C14H12ClIN6O4/c1-25-7-3-8(15)17-4-6(7)5-22-10-9(11(16)21-22)18-13(19-12(10)23)20-14(24)26-2/h3-4H,5H2,1-2H3,(H2,18,19,20,23,24). The molecule has 0 fully saturated rings. The topological polar surface area (TPSA) is 124 Å². The van der Waals surface area contributed by atoms with Crippen LogP contribution >= 0.6 is 34.2 Å². The van der Waals surface area contributed by atoms with Crippen LogP contribution in [0, 0.1) is 3.70 Å². The van der Waals surface area contributed by atoms with Crippen molar-refractivity contribution >= 4 is 57.3 Å². The molecular weight excluding hydrogens is 479 g/mol. The highest BCUT2D eigenvalue weighted by Gasteiger charge is 2.18. The molecule has 26 heavy (non-hydrogen) atoms. The molecule has 10 nitrogen and oxygen atoms in total. The van der Waals surface area contributed by atoms with Crippen molar-refractivity contribution in [3.63, 3.8) is 0 Å². The fourth-order valence-corrected chi connectivity index (χ4v) is 3.07. The second-order valence-electron chi connectivity index (χ2n) is 5.00. The van der Waals surface area contributed by atoms with Crippen LogP contribution in [0.3, 0.4) is 0 Å². The van der Waals surface area contributed by atoms with E-state index in [1.54, 1.807) is 12.3 Å². The van der Waals surface area contributed by atoms with Gasteiger partial charge < -0.3 is 9.47 Å². The highest BCUT2D eigenvalue weighted by atomic mass is 127. The van der Waals surface area contributed by atoms with E-state index in [2.05, 4.69) is 30.1 Å². The molecule has 3 aromatic heterocycles. The van der Waals surface area contributed by atoms with Gasteiger partial charge in [-0.05, 0) is 22.6 Å². The Morgan fingerprint density at radius 3 is 2.92 bits per heavy atom.